The number of hydrogen-bond acceptors (Lipinski definition) is 5. The number of benzene rings is 1. The van der Waals surface area contributed by atoms with Crippen LogP contribution in [0.3, 0.4) is 0 Å². The molecule has 0 unspecified atom stereocenters. The van der Waals surface area contributed by atoms with Gasteiger partial charge in [0.1, 0.15) is 12.2 Å². The van der Waals surface area contributed by atoms with Crippen molar-refractivity contribution in [1.29, 1.82) is 0 Å². The Morgan fingerprint density at radius 2 is 1.52 bits per heavy atom. The number of hydrogen-bond donors (Lipinski definition) is 0. The summed E-state index contributed by atoms with van der Waals surface area (Å²) in [5, 5.41) is 0. The second kappa shape index (κ2) is 8.00. The van der Waals surface area contributed by atoms with E-state index in [0.717, 1.165) is 5.56 Å². The Morgan fingerprint density at radius 3 is 2.08 bits per heavy atom. The molecule has 1 aliphatic rings. The molecule has 0 radical (unpaired) electrons. The molecule has 0 N–H and O–H groups in total. The van der Waals surface area contributed by atoms with Gasteiger partial charge in [0.15, 0.2) is 0 Å². The van der Waals surface area contributed by atoms with Crippen LogP contribution in [0.1, 0.15) is 26.3 Å². The largest absolute Gasteiger partial charge is 0.453 e. The Balaban J connectivity index is 1.78. The molecule has 1 aromatic carbocycles. The highest BCUT2D eigenvalue weighted by molar-refractivity contribution is 6.32. The molecule has 1 aromatic rings. The first-order valence-corrected chi connectivity index (χ1v) is 8.24. The third kappa shape index (κ3) is 5.77. The predicted octanol–water partition coefficient (Wildman–Crippen LogP) is 1.81. The molecule has 7 nitrogen and oxygen atoms in total. The van der Waals surface area contributed by atoms with Crippen LogP contribution in [0.15, 0.2) is 30.3 Å². The van der Waals surface area contributed by atoms with Crippen LogP contribution >= 0.6 is 0 Å². The fourth-order valence-electron chi connectivity index (χ4n) is 2.35. The lowest BCUT2D eigenvalue weighted by molar-refractivity contribution is -0.168. The number of rotatable bonds is 2. The van der Waals surface area contributed by atoms with E-state index in [1.54, 1.807) is 20.8 Å². The summed E-state index contributed by atoms with van der Waals surface area (Å²) in [6, 6.07) is 9.41. The minimum absolute atomic E-state index is 0.205. The van der Waals surface area contributed by atoms with E-state index in [1.165, 1.54) is 9.80 Å². The molecule has 2 rings (SSSR count). The minimum atomic E-state index is -0.868. The smallest absolute Gasteiger partial charge is 0.410 e. The van der Waals surface area contributed by atoms with Crippen molar-refractivity contribution in [2.45, 2.75) is 33.0 Å². The van der Waals surface area contributed by atoms with Gasteiger partial charge in [0.2, 0.25) is 0 Å². The summed E-state index contributed by atoms with van der Waals surface area (Å²) in [7, 11) is 0. The Morgan fingerprint density at radius 1 is 0.960 bits per heavy atom. The number of carbonyl (C=O) groups excluding carboxylic acids is 3. The fraction of sp³-hybridized carbons (Fsp3) is 0.500. The maximum atomic E-state index is 12.1. The molecule has 1 heterocycles. The quantitative estimate of drug-likeness (QED) is 0.602. The van der Waals surface area contributed by atoms with Gasteiger partial charge < -0.3 is 19.3 Å². The average molecular weight is 348 g/mol. The lowest BCUT2D eigenvalue weighted by atomic mass is 10.2. The Labute approximate surface area is 147 Å². The molecule has 0 aromatic heterocycles. The van der Waals surface area contributed by atoms with Gasteiger partial charge >= 0.3 is 18.0 Å². The summed E-state index contributed by atoms with van der Waals surface area (Å²) in [6.07, 6.45) is -0.423. The van der Waals surface area contributed by atoms with Crippen molar-refractivity contribution < 1.29 is 23.9 Å². The first kappa shape index (κ1) is 18.8. The van der Waals surface area contributed by atoms with Crippen molar-refractivity contribution in [3.05, 3.63) is 35.9 Å². The number of nitrogens with zero attached hydrogens (tertiary/aromatic N) is 2. The Hall–Kier alpha value is -2.57. The number of carbonyl (C=O) groups is 3. The second-order valence-corrected chi connectivity index (χ2v) is 6.82. The second-order valence-electron chi connectivity index (χ2n) is 6.82. The van der Waals surface area contributed by atoms with Crippen LogP contribution in [0.25, 0.3) is 0 Å². The molecule has 1 fully saturated rings. The van der Waals surface area contributed by atoms with Gasteiger partial charge in [-0.1, -0.05) is 30.3 Å². The molecule has 2 amide bonds. The van der Waals surface area contributed by atoms with E-state index in [2.05, 4.69) is 0 Å². The predicted molar refractivity (Wildman–Crippen MR) is 90.6 cm³/mol. The van der Waals surface area contributed by atoms with Crippen molar-refractivity contribution >= 4 is 18.0 Å². The van der Waals surface area contributed by atoms with Gasteiger partial charge in [0.05, 0.1) is 0 Å². The highest BCUT2D eigenvalue weighted by Gasteiger charge is 2.31. The summed E-state index contributed by atoms with van der Waals surface area (Å²) >= 11 is 0. The van der Waals surface area contributed by atoms with Crippen molar-refractivity contribution in [2.75, 3.05) is 26.2 Å². The van der Waals surface area contributed by atoms with Gasteiger partial charge in [0.25, 0.3) is 0 Å². The first-order chi connectivity index (χ1) is 11.8. The monoisotopic (exact) mass is 348 g/mol. The molecule has 0 spiro atoms. The van der Waals surface area contributed by atoms with E-state index in [4.69, 9.17) is 9.47 Å². The number of ether oxygens (including phenoxy) is 2. The molecule has 1 aliphatic heterocycles. The molecule has 0 aliphatic carbocycles. The average Bonchev–Trinajstić information content (AvgIpc) is 2.58. The van der Waals surface area contributed by atoms with E-state index >= 15 is 0 Å². The van der Waals surface area contributed by atoms with Crippen molar-refractivity contribution in [2.24, 2.45) is 0 Å². The van der Waals surface area contributed by atoms with E-state index in [-0.39, 0.29) is 19.7 Å². The summed E-state index contributed by atoms with van der Waals surface area (Å²) in [5.74, 6) is -1.54. The van der Waals surface area contributed by atoms with Gasteiger partial charge in [-0.15, -0.1) is 0 Å². The van der Waals surface area contributed by atoms with E-state index < -0.39 is 23.6 Å². The van der Waals surface area contributed by atoms with Crippen LogP contribution in [-0.2, 0) is 25.7 Å². The summed E-state index contributed by atoms with van der Waals surface area (Å²) in [4.78, 5) is 38.9. The zero-order valence-electron chi connectivity index (χ0n) is 14.9. The van der Waals surface area contributed by atoms with Crippen LogP contribution < -0.4 is 0 Å². The van der Waals surface area contributed by atoms with Gasteiger partial charge in [-0.25, -0.2) is 9.59 Å². The molecule has 136 valence electrons. The van der Waals surface area contributed by atoms with Crippen LogP contribution in [0.4, 0.5) is 4.79 Å². The SMILES string of the molecule is CC(C)(C)OC(=O)C(=O)N1CCN(C(=O)OCc2ccccc2)CC1. The van der Waals surface area contributed by atoms with Gasteiger partial charge in [-0.05, 0) is 26.3 Å². The summed E-state index contributed by atoms with van der Waals surface area (Å²) < 4.78 is 10.3. The maximum Gasteiger partial charge on any atom is 0.410 e. The van der Waals surface area contributed by atoms with Gasteiger partial charge in [0, 0.05) is 26.2 Å². The van der Waals surface area contributed by atoms with E-state index in [0.29, 0.717) is 13.1 Å². The fourth-order valence-corrected chi connectivity index (χ4v) is 2.35. The zero-order valence-corrected chi connectivity index (χ0v) is 14.9. The normalized spacial score (nSPS) is 14.8. The standard InChI is InChI=1S/C18H24N2O5/c1-18(2,3)25-16(22)15(21)19-9-11-20(12-10-19)17(23)24-13-14-7-5-4-6-8-14/h4-8H,9-13H2,1-3H3. The zero-order chi connectivity index (χ0) is 18.4. The van der Waals surface area contributed by atoms with Crippen molar-refractivity contribution in [3.63, 3.8) is 0 Å². The molecular weight excluding hydrogens is 324 g/mol. The number of piperazine rings is 1. The molecule has 0 saturated carbocycles. The lowest BCUT2D eigenvalue weighted by Gasteiger charge is -2.34. The van der Waals surface area contributed by atoms with Crippen LogP contribution in [0.5, 0.6) is 0 Å². The Bertz CT molecular complexity index is 616. The molecule has 25 heavy (non-hydrogen) atoms. The summed E-state index contributed by atoms with van der Waals surface area (Å²) in [5.41, 5.74) is 0.199. The van der Waals surface area contributed by atoms with E-state index in [9.17, 15) is 14.4 Å². The third-order valence-corrected chi connectivity index (χ3v) is 3.60. The first-order valence-electron chi connectivity index (χ1n) is 8.24. The molecule has 0 bridgehead atoms. The van der Waals surface area contributed by atoms with Gasteiger partial charge in [-0.3, -0.25) is 4.79 Å². The van der Waals surface area contributed by atoms with Crippen molar-refractivity contribution in [3.8, 4) is 0 Å². The van der Waals surface area contributed by atoms with Crippen LogP contribution in [-0.4, -0.2) is 59.5 Å². The lowest BCUT2D eigenvalue weighted by Crippen LogP contribution is -2.53. The highest BCUT2D eigenvalue weighted by atomic mass is 16.6. The number of esters is 1. The topological polar surface area (TPSA) is 76.2 Å². The third-order valence-electron chi connectivity index (χ3n) is 3.60. The van der Waals surface area contributed by atoms with Crippen LogP contribution in [0.2, 0.25) is 0 Å². The maximum absolute atomic E-state index is 12.1. The molecule has 7 heteroatoms. The highest BCUT2D eigenvalue weighted by Crippen LogP contribution is 2.11. The molecule has 0 atom stereocenters. The summed E-state index contributed by atoms with van der Waals surface area (Å²) in [6.45, 7) is 6.52. The van der Waals surface area contributed by atoms with Crippen LogP contribution in [0, 0.1) is 0 Å². The van der Waals surface area contributed by atoms with E-state index in [1.807, 2.05) is 30.3 Å². The number of amides is 2. The Kier molecular flexibility index (Phi) is 6.01. The van der Waals surface area contributed by atoms with Gasteiger partial charge in [-0.2, -0.15) is 0 Å². The minimum Gasteiger partial charge on any atom is -0.453 e. The van der Waals surface area contributed by atoms with Crippen molar-refractivity contribution in [1.82, 2.24) is 9.80 Å². The molecule has 1 saturated heterocycles. The molecular formula is C18H24N2O5.